The molecular weight excluding hydrogens is 630 g/mol. The zero-order chi connectivity index (χ0) is 34.1. The van der Waals surface area contributed by atoms with Gasteiger partial charge in [0.2, 0.25) is 0 Å². The van der Waals surface area contributed by atoms with Gasteiger partial charge >= 0.3 is 6.01 Å². The van der Waals surface area contributed by atoms with E-state index in [1.807, 2.05) is 13.8 Å². The number of phenolic OH excluding ortho intramolecular Hbond substituents is 1. The molecule has 6 bridgehead atoms. The molecule has 4 aliphatic rings. The van der Waals surface area contributed by atoms with E-state index in [1.165, 1.54) is 30.5 Å². The standard InChI is InChI=1S/C35H36F2N6O4.C2H6/c1-2-25-28(36)6-5-21-13-23(44)14-26(29(21)25)31-30(37)32-27(16-39-31)33-41-34(40-32)47-20-35-7-3-9-43(35)18-24(15-35)46-12-4-11-45-19-22-17-42(33)10-8-38-22;1-2/h1,5-6,13-14,16,22,24,38,44H,3-4,7-12,15,17-20H2;1-2H3. The number of nitrogens with one attached hydrogen (secondary N) is 1. The molecule has 258 valence electrons. The van der Waals surface area contributed by atoms with Gasteiger partial charge in [0, 0.05) is 62.6 Å². The first-order chi connectivity index (χ1) is 23.9. The third-order valence-corrected chi connectivity index (χ3v) is 10.00. The molecule has 0 radical (unpaired) electrons. The van der Waals surface area contributed by atoms with E-state index in [-0.39, 0.29) is 57.2 Å². The lowest BCUT2D eigenvalue weighted by Gasteiger charge is -2.35. The molecule has 2 aromatic carbocycles. The van der Waals surface area contributed by atoms with Crippen LogP contribution in [0.2, 0.25) is 0 Å². The Labute approximate surface area is 284 Å². The van der Waals surface area contributed by atoms with Crippen LogP contribution in [-0.2, 0) is 9.47 Å². The second-order valence-corrected chi connectivity index (χ2v) is 13.0. The number of aromatic hydroxyl groups is 1. The van der Waals surface area contributed by atoms with Gasteiger partial charge in [-0.05, 0) is 55.8 Å². The van der Waals surface area contributed by atoms with Crippen LogP contribution < -0.4 is 15.0 Å². The van der Waals surface area contributed by atoms with Crippen molar-refractivity contribution in [2.45, 2.75) is 57.2 Å². The van der Waals surface area contributed by atoms with Crippen LogP contribution in [0.4, 0.5) is 14.6 Å². The summed E-state index contributed by atoms with van der Waals surface area (Å²) in [5.41, 5.74) is -0.174. The number of rotatable bonds is 1. The number of pyridine rings is 1. The number of hydrogen-bond donors (Lipinski definition) is 2. The van der Waals surface area contributed by atoms with Crippen molar-refractivity contribution >= 4 is 27.5 Å². The van der Waals surface area contributed by atoms with Crippen LogP contribution in [0.3, 0.4) is 0 Å². The normalized spacial score (nSPS) is 24.4. The molecule has 12 heteroatoms. The van der Waals surface area contributed by atoms with E-state index in [1.54, 1.807) is 0 Å². The van der Waals surface area contributed by atoms with Gasteiger partial charge in [-0.25, -0.2) is 8.78 Å². The van der Waals surface area contributed by atoms with Crippen molar-refractivity contribution in [3.05, 3.63) is 47.7 Å². The van der Waals surface area contributed by atoms with Crippen molar-refractivity contribution in [1.82, 2.24) is 25.2 Å². The van der Waals surface area contributed by atoms with E-state index in [9.17, 15) is 9.50 Å². The van der Waals surface area contributed by atoms with Crippen molar-refractivity contribution in [2.24, 2.45) is 0 Å². The zero-order valence-electron chi connectivity index (χ0n) is 28.0. The molecule has 8 rings (SSSR count). The van der Waals surface area contributed by atoms with E-state index in [0.717, 1.165) is 38.8 Å². The number of piperazine rings is 1. The summed E-state index contributed by atoms with van der Waals surface area (Å²) in [7, 11) is 0. The quantitative estimate of drug-likeness (QED) is 0.268. The third-order valence-electron chi connectivity index (χ3n) is 10.00. The van der Waals surface area contributed by atoms with Gasteiger partial charge in [-0.15, -0.1) is 6.42 Å². The molecule has 6 heterocycles. The van der Waals surface area contributed by atoms with E-state index < -0.39 is 11.6 Å². The number of halogens is 2. The smallest absolute Gasteiger partial charge is 0.319 e. The lowest BCUT2D eigenvalue weighted by molar-refractivity contribution is 0.0326. The Hall–Kier alpha value is -4.15. The molecule has 3 saturated heterocycles. The van der Waals surface area contributed by atoms with Crippen LogP contribution >= 0.6 is 0 Å². The molecule has 3 fully saturated rings. The number of ether oxygens (including phenoxy) is 3. The molecule has 0 aliphatic carbocycles. The number of nitrogens with zero attached hydrogens (tertiary/aromatic N) is 5. The second kappa shape index (κ2) is 14.0. The molecule has 3 unspecified atom stereocenters. The average Bonchev–Trinajstić information content (AvgIpc) is 3.66. The molecule has 4 aliphatic heterocycles. The van der Waals surface area contributed by atoms with Gasteiger partial charge in [-0.2, -0.15) is 9.97 Å². The highest BCUT2D eigenvalue weighted by atomic mass is 19.1. The number of terminal acetylenes is 1. The second-order valence-electron chi connectivity index (χ2n) is 13.0. The monoisotopic (exact) mass is 672 g/mol. The summed E-state index contributed by atoms with van der Waals surface area (Å²) in [6.07, 6.45) is 11.0. The summed E-state index contributed by atoms with van der Waals surface area (Å²) >= 11 is 0. The Morgan fingerprint density at radius 1 is 1.10 bits per heavy atom. The fraction of sp³-hybridized carbons (Fsp3) is 0.486. The van der Waals surface area contributed by atoms with Crippen LogP contribution in [0.1, 0.15) is 45.1 Å². The number of hydrogen-bond acceptors (Lipinski definition) is 10. The number of aromatic nitrogens is 3. The molecular formula is C37H42F2N6O4. The number of benzene rings is 2. The van der Waals surface area contributed by atoms with Gasteiger partial charge in [0.1, 0.15) is 35.2 Å². The topological polar surface area (TPSA) is 105 Å². The van der Waals surface area contributed by atoms with Crippen molar-refractivity contribution in [1.29, 1.82) is 0 Å². The SMILES string of the molecule is C#Cc1c(F)ccc2cc(O)cc(-c3ncc4c5nc(nc4c3F)OCC34CCCN3CC(C4)OCCCOCC3CN5CCN3)c12.CC. The van der Waals surface area contributed by atoms with Gasteiger partial charge in [0.15, 0.2) is 5.82 Å². The van der Waals surface area contributed by atoms with Gasteiger partial charge in [0.25, 0.3) is 0 Å². The van der Waals surface area contributed by atoms with Crippen LogP contribution in [0.25, 0.3) is 32.9 Å². The predicted molar refractivity (Wildman–Crippen MR) is 184 cm³/mol. The van der Waals surface area contributed by atoms with Crippen molar-refractivity contribution < 1.29 is 28.1 Å². The molecule has 10 nitrogen and oxygen atoms in total. The first-order valence-electron chi connectivity index (χ1n) is 17.3. The Bertz CT molecular complexity index is 1900. The van der Waals surface area contributed by atoms with Crippen molar-refractivity contribution in [3.63, 3.8) is 0 Å². The largest absolute Gasteiger partial charge is 0.508 e. The van der Waals surface area contributed by atoms with Gasteiger partial charge < -0.3 is 29.5 Å². The molecule has 4 aromatic rings. The zero-order valence-corrected chi connectivity index (χ0v) is 28.0. The van der Waals surface area contributed by atoms with E-state index in [4.69, 9.17) is 25.6 Å². The number of phenols is 1. The van der Waals surface area contributed by atoms with Crippen LogP contribution in [0.5, 0.6) is 11.8 Å². The Morgan fingerprint density at radius 2 is 1.98 bits per heavy atom. The predicted octanol–water partition coefficient (Wildman–Crippen LogP) is 5.04. The van der Waals surface area contributed by atoms with Crippen LogP contribution in [0, 0.1) is 24.0 Å². The Morgan fingerprint density at radius 3 is 2.84 bits per heavy atom. The van der Waals surface area contributed by atoms with Gasteiger partial charge in [-0.1, -0.05) is 25.8 Å². The van der Waals surface area contributed by atoms with Crippen molar-refractivity contribution in [3.8, 4) is 35.4 Å². The molecule has 0 amide bonds. The third kappa shape index (κ3) is 6.25. The summed E-state index contributed by atoms with van der Waals surface area (Å²) in [6.45, 7) is 9.82. The Balaban J connectivity index is 0.00000186. The lowest BCUT2D eigenvalue weighted by atomic mass is 9.94. The maximum absolute atomic E-state index is 16.9. The lowest BCUT2D eigenvalue weighted by Crippen LogP contribution is -2.53. The van der Waals surface area contributed by atoms with E-state index >= 15 is 4.39 Å². The fourth-order valence-electron chi connectivity index (χ4n) is 7.81. The highest BCUT2D eigenvalue weighted by molar-refractivity contribution is 6.03. The minimum absolute atomic E-state index is 0.0165. The fourth-order valence-corrected chi connectivity index (χ4v) is 7.81. The number of anilines is 1. The minimum atomic E-state index is -0.744. The van der Waals surface area contributed by atoms with Gasteiger partial charge in [-0.3, -0.25) is 9.88 Å². The van der Waals surface area contributed by atoms with E-state index in [0.29, 0.717) is 62.7 Å². The average molecular weight is 673 g/mol. The molecule has 2 N–H and O–H groups in total. The molecule has 1 spiro atoms. The van der Waals surface area contributed by atoms with Crippen LogP contribution in [-0.4, -0.2) is 102 Å². The molecule has 49 heavy (non-hydrogen) atoms. The summed E-state index contributed by atoms with van der Waals surface area (Å²) in [5.74, 6) is 1.41. The first-order valence-corrected chi connectivity index (χ1v) is 17.3. The minimum Gasteiger partial charge on any atom is -0.508 e. The first kappa shape index (κ1) is 33.4. The molecule has 3 atom stereocenters. The summed E-state index contributed by atoms with van der Waals surface area (Å²) in [6, 6.07) is 5.63. The molecule has 2 aromatic heterocycles. The maximum atomic E-state index is 16.9. The highest BCUT2D eigenvalue weighted by Crippen LogP contribution is 2.42. The van der Waals surface area contributed by atoms with Gasteiger partial charge in [0.05, 0.1) is 29.2 Å². The number of fused-ring (bicyclic) bond motifs is 9. The maximum Gasteiger partial charge on any atom is 0.319 e. The van der Waals surface area contributed by atoms with Crippen LogP contribution in [0.15, 0.2) is 30.5 Å². The molecule has 0 saturated carbocycles. The highest BCUT2D eigenvalue weighted by Gasteiger charge is 2.49. The Kier molecular flexibility index (Phi) is 9.53. The van der Waals surface area contributed by atoms with E-state index in [2.05, 4.69) is 31.0 Å². The summed E-state index contributed by atoms with van der Waals surface area (Å²) in [4.78, 5) is 18.5. The summed E-state index contributed by atoms with van der Waals surface area (Å²) < 4.78 is 50.4. The summed E-state index contributed by atoms with van der Waals surface area (Å²) in [5, 5.41) is 15.2. The van der Waals surface area contributed by atoms with Crippen molar-refractivity contribution in [2.75, 3.05) is 64.1 Å².